The number of allylic oxidation sites excluding steroid dienone is 3. The minimum atomic E-state index is -0.958. The summed E-state index contributed by atoms with van der Waals surface area (Å²) in [6, 6.07) is 15.1. The molecule has 1 aliphatic heterocycles. The van der Waals surface area contributed by atoms with Gasteiger partial charge in [-0.05, 0) is 49.4 Å². The number of carbonyl (C=O) groups excluding carboxylic acids is 3. The van der Waals surface area contributed by atoms with Crippen LogP contribution < -0.4 is 14.8 Å². The molecular formula is C30H33NO7. The summed E-state index contributed by atoms with van der Waals surface area (Å²) in [6.07, 6.45) is 0.459. The number of Topliss-reactive ketones (excluding diaryl/α,β-unsaturated/α-hetero) is 1. The van der Waals surface area contributed by atoms with Crippen molar-refractivity contribution in [2.75, 3.05) is 20.8 Å². The third-order valence-corrected chi connectivity index (χ3v) is 7.00. The van der Waals surface area contributed by atoms with Crippen LogP contribution >= 0.6 is 0 Å². The summed E-state index contributed by atoms with van der Waals surface area (Å²) < 4.78 is 22.0. The van der Waals surface area contributed by atoms with Gasteiger partial charge in [-0.1, -0.05) is 43.3 Å². The smallest absolute Gasteiger partial charge is 0.336 e. The van der Waals surface area contributed by atoms with E-state index in [2.05, 4.69) is 5.32 Å². The number of carbonyl (C=O) groups is 3. The lowest BCUT2D eigenvalue weighted by Gasteiger charge is -2.38. The Labute approximate surface area is 222 Å². The molecule has 200 valence electrons. The van der Waals surface area contributed by atoms with Crippen LogP contribution in [0.1, 0.15) is 44.2 Å². The molecule has 1 heterocycles. The summed E-state index contributed by atoms with van der Waals surface area (Å²) in [5.74, 6) is -2.46. The lowest BCUT2D eigenvalue weighted by molar-refractivity contribution is -0.151. The van der Waals surface area contributed by atoms with Crippen molar-refractivity contribution < 1.29 is 33.3 Å². The number of hydrogen-bond acceptors (Lipinski definition) is 8. The fraction of sp³-hybridized carbons (Fsp3) is 0.367. The van der Waals surface area contributed by atoms with Crippen LogP contribution in [-0.2, 0) is 30.5 Å². The molecule has 0 bridgehead atoms. The van der Waals surface area contributed by atoms with Gasteiger partial charge in [-0.3, -0.25) is 9.59 Å². The van der Waals surface area contributed by atoms with Crippen molar-refractivity contribution in [2.45, 2.75) is 39.7 Å². The second-order valence-electron chi connectivity index (χ2n) is 9.44. The maximum atomic E-state index is 13.8. The van der Waals surface area contributed by atoms with Crippen molar-refractivity contribution in [3.8, 4) is 11.5 Å². The van der Waals surface area contributed by atoms with E-state index in [1.165, 1.54) is 14.2 Å². The molecule has 1 N–H and O–H groups in total. The Balaban J connectivity index is 1.79. The number of dihydropyridines is 1. The molecule has 0 saturated carbocycles. The second-order valence-corrected chi connectivity index (χ2v) is 9.44. The standard InChI is InChI=1S/C30H33NO7/c1-6-37-30(34)25-18(3)31-21-14-17(2)24(29(33)36-5)28(32)27(21)26(25)20-12-13-22(23(15-20)35-4)38-16-19-10-8-7-9-11-19/h7-13,15,17,24,26,31H,6,14,16H2,1-5H3/t17-,24+,26-/m0/s1. The number of esters is 2. The van der Waals surface area contributed by atoms with E-state index in [1.54, 1.807) is 26.0 Å². The van der Waals surface area contributed by atoms with Crippen molar-refractivity contribution in [3.05, 3.63) is 82.2 Å². The summed E-state index contributed by atoms with van der Waals surface area (Å²) >= 11 is 0. The number of rotatable bonds is 8. The lowest BCUT2D eigenvalue weighted by atomic mass is 9.69. The van der Waals surface area contributed by atoms with Gasteiger partial charge < -0.3 is 24.3 Å². The van der Waals surface area contributed by atoms with E-state index in [9.17, 15) is 14.4 Å². The molecule has 2 aliphatic rings. The van der Waals surface area contributed by atoms with Gasteiger partial charge in [0.25, 0.3) is 0 Å². The zero-order valence-electron chi connectivity index (χ0n) is 22.3. The summed E-state index contributed by atoms with van der Waals surface area (Å²) in [4.78, 5) is 39.6. The molecule has 0 spiro atoms. The molecule has 2 aromatic carbocycles. The number of ether oxygens (including phenoxy) is 4. The van der Waals surface area contributed by atoms with Crippen molar-refractivity contribution in [3.63, 3.8) is 0 Å². The van der Waals surface area contributed by atoms with Crippen LogP contribution in [0.25, 0.3) is 0 Å². The maximum absolute atomic E-state index is 13.8. The second kappa shape index (κ2) is 11.5. The highest BCUT2D eigenvalue weighted by Crippen LogP contribution is 2.46. The molecule has 0 unspecified atom stereocenters. The fourth-order valence-electron chi connectivity index (χ4n) is 5.21. The third kappa shape index (κ3) is 5.16. The van der Waals surface area contributed by atoms with Crippen LogP contribution in [0.3, 0.4) is 0 Å². The maximum Gasteiger partial charge on any atom is 0.336 e. The molecule has 4 rings (SSSR count). The van der Waals surface area contributed by atoms with Crippen LogP contribution in [-0.4, -0.2) is 38.5 Å². The molecule has 0 amide bonds. The monoisotopic (exact) mass is 519 g/mol. The van der Waals surface area contributed by atoms with Crippen molar-refractivity contribution in [2.24, 2.45) is 11.8 Å². The first kappa shape index (κ1) is 27.0. The van der Waals surface area contributed by atoms with Crippen LogP contribution in [0, 0.1) is 11.8 Å². The Bertz CT molecular complexity index is 1290. The normalized spacial score (nSPS) is 20.9. The molecule has 1 aliphatic carbocycles. The molecule has 0 saturated heterocycles. The summed E-state index contributed by atoms with van der Waals surface area (Å²) in [7, 11) is 2.81. The SMILES string of the molecule is CCOC(=O)C1=C(C)NC2=C(C(=O)[C@H](C(=O)OC)[C@@H](C)C2)[C@H]1c1ccc(OCc2ccccc2)c(OC)c1. The number of ketones is 1. The first-order valence-corrected chi connectivity index (χ1v) is 12.6. The Morgan fingerprint density at radius 2 is 1.79 bits per heavy atom. The minimum absolute atomic E-state index is 0.180. The highest BCUT2D eigenvalue weighted by atomic mass is 16.5. The number of nitrogens with one attached hydrogen (secondary N) is 1. The molecule has 8 heteroatoms. The third-order valence-electron chi connectivity index (χ3n) is 7.00. The Morgan fingerprint density at radius 3 is 2.45 bits per heavy atom. The van der Waals surface area contributed by atoms with Crippen LogP contribution in [0.4, 0.5) is 0 Å². The predicted octanol–water partition coefficient (Wildman–Crippen LogP) is 4.45. The molecule has 0 aromatic heterocycles. The van der Waals surface area contributed by atoms with Crippen molar-refractivity contribution in [1.82, 2.24) is 5.32 Å². The zero-order chi connectivity index (χ0) is 27.4. The number of methoxy groups -OCH3 is 2. The molecular weight excluding hydrogens is 486 g/mol. The van der Waals surface area contributed by atoms with Gasteiger partial charge in [0.15, 0.2) is 17.3 Å². The van der Waals surface area contributed by atoms with Gasteiger partial charge in [0.1, 0.15) is 12.5 Å². The first-order valence-electron chi connectivity index (χ1n) is 12.6. The van der Waals surface area contributed by atoms with Gasteiger partial charge in [0.2, 0.25) is 0 Å². The number of hydrogen-bond donors (Lipinski definition) is 1. The zero-order valence-corrected chi connectivity index (χ0v) is 22.3. The van der Waals surface area contributed by atoms with Gasteiger partial charge >= 0.3 is 11.9 Å². The van der Waals surface area contributed by atoms with E-state index in [-0.39, 0.29) is 18.3 Å². The molecule has 3 atom stereocenters. The van der Waals surface area contributed by atoms with Gasteiger partial charge in [0, 0.05) is 22.9 Å². The quantitative estimate of drug-likeness (QED) is 0.403. The fourth-order valence-corrected chi connectivity index (χ4v) is 5.21. The van der Waals surface area contributed by atoms with Crippen LogP contribution in [0.15, 0.2) is 71.1 Å². The molecule has 38 heavy (non-hydrogen) atoms. The van der Waals surface area contributed by atoms with Gasteiger partial charge in [-0.25, -0.2) is 4.79 Å². The predicted molar refractivity (Wildman–Crippen MR) is 140 cm³/mol. The lowest BCUT2D eigenvalue weighted by Crippen LogP contribution is -2.43. The Morgan fingerprint density at radius 1 is 1.05 bits per heavy atom. The molecule has 0 radical (unpaired) electrons. The molecule has 0 fully saturated rings. The van der Waals surface area contributed by atoms with Crippen molar-refractivity contribution in [1.29, 1.82) is 0 Å². The highest BCUT2D eigenvalue weighted by molar-refractivity contribution is 6.12. The summed E-state index contributed by atoms with van der Waals surface area (Å²) in [6.45, 7) is 5.90. The van der Waals surface area contributed by atoms with E-state index in [4.69, 9.17) is 18.9 Å². The van der Waals surface area contributed by atoms with Gasteiger partial charge in [0.05, 0.1) is 26.4 Å². The Kier molecular flexibility index (Phi) is 8.20. The largest absolute Gasteiger partial charge is 0.493 e. The highest BCUT2D eigenvalue weighted by Gasteiger charge is 2.47. The van der Waals surface area contributed by atoms with E-state index in [1.807, 2.05) is 43.3 Å². The minimum Gasteiger partial charge on any atom is -0.493 e. The van der Waals surface area contributed by atoms with Crippen molar-refractivity contribution >= 4 is 17.7 Å². The molecule has 8 nitrogen and oxygen atoms in total. The first-order chi connectivity index (χ1) is 18.3. The van der Waals surface area contributed by atoms with Crippen LogP contribution in [0.5, 0.6) is 11.5 Å². The topological polar surface area (TPSA) is 100 Å². The van der Waals surface area contributed by atoms with Gasteiger partial charge in [-0.2, -0.15) is 0 Å². The average molecular weight is 520 g/mol. The van der Waals surface area contributed by atoms with Gasteiger partial charge in [-0.15, -0.1) is 0 Å². The van der Waals surface area contributed by atoms with E-state index in [0.29, 0.717) is 52.6 Å². The van der Waals surface area contributed by atoms with E-state index >= 15 is 0 Å². The Hall–Kier alpha value is -4.07. The summed E-state index contributed by atoms with van der Waals surface area (Å²) in [5.41, 5.74) is 3.64. The molecule has 2 aromatic rings. The van der Waals surface area contributed by atoms with E-state index in [0.717, 1.165) is 5.56 Å². The number of benzene rings is 2. The summed E-state index contributed by atoms with van der Waals surface area (Å²) in [5, 5.41) is 3.25. The average Bonchev–Trinajstić information content (AvgIpc) is 2.91. The van der Waals surface area contributed by atoms with E-state index < -0.39 is 23.8 Å². The van der Waals surface area contributed by atoms with Crippen LogP contribution in [0.2, 0.25) is 0 Å².